The van der Waals surface area contributed by atoms with Crippen molar-refractivity contribution in [2.45, 2.75) is 85.0 Å². The lowest BCUT2D eigenvalue weighted by atomic mass is 9.85. The van der Waals surface area contributed by atoms with Crippen molar-refractivity contribution in [3.05, 3.63) is 94.4 Å². The minimum atomic E-state index is -3.94. The number of aryl methyl sites for hydroxylation is 1. The third-order valence-electron chi connectivity index (χ3n) is 12.1. The smallest absolute Gasteiger partial charge is 0.246 e. The Bertz CT molecular complexity index is 2820. The molecule has 4 amide bonds. The Balaban J connectivity index is 0.923. The molecule has 0 bridgehead atoms. The molecule has 0 spiro atoms. The van der Waals surface area contributed by atoms with E-state index < -0.39 is 80.0 Å². The highest BCUT2D eigenvalue weighted by atomic mass is 32.2. The van der Waals surface area contributed by atoms with Crippen molar-refractivity contribution in [1.82, 2.24) is 35.4 Å². The Morgan fingerprint density at radius 2 is 1.72 bits per heavy atom. The van der Waals surface area contributed by atoms with Crippen molar-refractivity contribution < 1.29 is 46.3 Å². The maximum absolute atomic E-state index is 15.6. The number of aliphatic hydroxyl groups excluding tert-OH is 1. The van der Waals surface area contributed by atoms with Gasteiger partial charge in [0.15, 0.2) is 5.82 Å². The van der Waals surface area contributed by atoms with Gasteiger partial charge in [0.1, 0.15) is 23.5 Å². The van der Waals surface area contributed by atoms with Crippen LogP contribution in [0.2, 0.25) is 0 Å². The van der Waals surface area contributed by atoms with Gasteiger partial charge in [0.05, 0.1) is 51.1 Å². The number of β-amino-alcohol motifs (C(OH)–C–C–N with tert-alkyl or cyclic N) is 1. The van der Waals surface area contributed by atoms with Gasteiger partial charge in [0.25, 0.3) is 0 Å². The number of nitrogens with zero attached hydrogens (tertiary/aromatic N) is 5. The van der Waals surface area contributed by atoms with Gasteiger partial charge in [-0.3, -0.25) is 28.7 Å². The summed E-state index contributed by atoms with van der Waals surface area (Å²) in [7, 11) is -3.94. The summed E-state index contributed by atoms with van der Waals surface area (Å²) in [5.74, 6) is -5.56. The fourth-order valence-electron chi connectivity index (χ4n) is 8.42. The van der Waals surface area contributed by atoms with Crippen LogP contribution in [0, 0.1) is 24.0 Å². The lowest BCUT2D eigenvalue weighted by Gasteiger charge is -2.36. The average Bonchev–Trinajstić information content (AvgIpc) is 4.05. The third kappa shape index (κ3) is 11.2. The zero-order valence-corrected chi connectivity index (χ0v) is 40.0. The Morgan fingerprint density at radius 3 is 2.38 bits per heavy atom. The second-order valence-corrected chi connectivity index (χ2v) is 20.8. The maximum Gasteiger partial charge on any atom is 0.246 e. The summed E-state index contributed by atoms with van der Waals surface area (Å²) in [5, 5.41) is 16.6. The third-order valence-corrected chi connectivity index (χ3v) is 14.5. The van der Waals surface area contributed by atoms with Gasteiger partial charge < -0.3 is 35.4 Å². The first-order valence-corrected chi connectivity index (χ1v) is 24.9. The predicted octanol–water partition coefficient (Wildman–Crippen LogP) is 4.89. The second-order valence-electron chi connectivity index (χ2n) is 18.1. The highest BCUT2D eigenvalue weighted by Gasteiger charge is 2.44. The number of piperazine rings is 1. The molecule has 17 nitrogen and oxygen atoms in total. The van der Waals surface area contributed by atoms with Crippen LogP contribution in [0.15, 0.2) is 60.4 Å². The number of sulfonamides is 1. The van der Waals surface area contributed by atoms with E-state index in [1.807, 2.05) is 36.1 Å². The fourth-order valence-corrected chi connectivity index (χ4v) is 10.4. The number of benzene rings is 2. The highest BCUT2D eigenvalue weighted by molar-refractivity contribution is 7.92. The number of aromatic amines is 1. The van der Waals surface area contributed by atoms with E-state index in [0.717, 1.165) is 33.8 Å². The minimum absolute atomic E-state index is 0.0395. The normalized spacial score (nSPS) is 17.0. The van der Waals surface area contributed by atoms with Crippen LogP contribution in [0.4, 0.5) is 20.2 Å². The van der Waals surface area contributed by atoms with Gasteiger partial charge in [-0.1, -0.05) is 52.0 Å². The van der Waals surface area contributed by atoms with Crippen molar-refractivity contribution >= 4 is 73.2 Å². The number of aromatic nitrogens is 3. The Kier molecular flexibility index (Phi) is 14.9. The first kappa shape index (κ1) is 49.6. The molecule has 2 saturated heterocycles. The quantitative estimate of drug-likeness (QED) is 0.0837. The lowest BCUT2D eigenvalue weighted by molar-refractivity contribution is -0.144. The van der Waals surface area contributed by atoms with E-state index in [-0.39, 0.29) is 80.1 Å². The van der Waals surface area contributed by atoms with E-state index in [2.05, 4.69) is 30.3 Å². The molecular weight excluding hydrogens is 921 g/mol. The zero-order valence-electron chi connectivity index (χ0n) is 38.4. The molecule has 2 aliphatic rings. The standard InChI is InChI=1S/C47H55F2N9O8S2/c1-6-19-68(65,66)55-35-12-11-34(48)39(40(35)49)41(62)33-24-51-44-32(33)20-30(23-50-44)56-15-17-57(18-16-56)38(61)14-13-37(60)54-43(47(3,4)5)46(64)58-25-31(59)21-36(58)45(63)52-22-28-7-9-29(10-8-28)42-27(2)53-26-67-42/h7-12,20,23-24,26,31,36,43,55,59H,6,13-19,21-22,25H2,1-5H3,(H,50,51)(H,52,63)(H,54,60)/t31-,36+,43?/m1/s1. The zero-order chi connectivity index (χ0) is 49.1. The average molecular weight is 976 g/mol. The monoisotopic (exact) mass is 975 g/mol. The number of fused-ring (bicyclic) bond motifs is 1. The molecule has 3 atom stereocenters. The van der Waals surface area contributed by atoms with Gasteiger partial charge >= 0.3 is 0 Å². The largest absolute Gasteiger partial charge is 0.391 e. The van der Waals surface area contributed by atoms with Crippen molar-refractivity contribution in [3.63, 3.8) is 0 Å². The number of amides is 4. The molecule has 21 heteroatoms. The molecule has 0 saturated carbocycles. The first-order chi connectivity index (χ1) is 32.2. The van der Waals surface area contributed by atoms with Crippen molar-refractivity contribution in [2.75, 3.05) is 48.1 Å². The molecule has 5 aromatic rings. The van der Waals surface area contributed by atoms with Crippen molar-refractivity contribution in [3.8, 4) is 10.4 Å². The van der Waals surface area contributed by atoms with E-state index in [1.54, 1.807) is 61.7 Å². The van der Waals surface area contributed by atoms with Crippen LogP contribution < -0.4 is 20.3 Å². The Hall–Kier alpha value is -6.32. The molecule has 5 N–H and O–H groups in total. The summed E-state index contributed by atoms with van der Waals surface area (Å²) in [6.07, 6.45) is 1.87. The van der Waals surface area contributed by atoms with Crippen LogP contribution in [0.1, 0.15) is 80.6 Å². The second kappa shape index (κ2) is 20.5. The number of hydrogen-bond acceptors (Lipinski definition) is 12. The van der Waals surface area contributed by atoms with E-state index in [9.17, 15) is 37.5 Å². The summed E-state index contributed by atoms with van der Waals surface area (Å²) in [4.78, 5) is 85.5. The summed E-state index contributed by atoms with van der Waals surface area (Å²) in [6, 6.07) is 9.12. The number of carbonyl (C=O) groups excluding carboxylic acids is 5. The van der Waals surface area contributed by atoms with Gasteiger partial charge in [-0.2, -0.15) is 0 Å². The van der Waals surface area contributed by atoms with Gasteiger partial charge in [0.2, 0.25) is 39.4 Å². The van der Waals surface area contributed by atoms with Gasteiger partial charge in [-0.05, 0) is 48.1 Å². The summed E-state index contributed by atoms with van der Waals surface area (Å²) in [6.45, 7) is 10.3. The number of pyridine rings is 1. The Morgan fingerprint density at radius 1 is 1.00 bits per heavy atom. The molecule has 1 unspecified atom stereocenters. The van der Waals surface area contributed by atoms with Crippen LogP contribution in [-0.2, 0) is 35.7 Å². The van der Waals surface area contributed by atoms with Gasteiger partial charge in [0, 0.05) is 75.7 Å². The molecule has 362 valence electrons. The number of carbonyl (C=O) groups is 5. The van der Waals surface area contributed by atoms with Crippen LogP contribution in [-0.4, -0.2) is 124 Å². The topological polar surface area (TPSA) is 227 Å². The number of thiazole rings is 1. The van der Waals surface area contributed by atoms with Crippen LogP contribution in [0.5, 0.6) is 0 Å². The predicted molar refractivity (Wildman–Crippen MR) is 253 cm³/mol. The van der Waals surface area contributed by atoms with Crippen molar-refractivity contribution in [2.24, 2.45) is 5.41 Å². The van der Waals surface area contributed by atoms with Crippen LogP contribution in [0.3, 0.4) is 0 Å². The number of anilines is 2. The van der Waals surface area contributed by atoms with Gasteiger partial charge in [-0.15, -0.1) is 11.3 Å². The van der Waals surface area contributed by atoms with E-state index >= 15 is 8.78 Å². The highest BCUT2D eigenvalue weighted by Crippen LogP contribution is 2.31. The lowest BCUT2D eigenvalue weighted by Crippen LogP contribution is -2.57. The molecule has 2 fully saturated rings. The van der Waals surface area contributed by atoms with Crippen molar-refractivity contribution in [1.29, 1.82) is 0 Å². The number of aliphatic hydroxyl groups is 1. The minimum Gasteiger partial charge on any atom is -0.391 e. The maximum atomic E-state index is 15.6. The molecule has 68 heavy (non-hydrogen) atoms. The summed E-state index contributed by atoms with van der Waals surface area (Å²) < 4.78 is 57.3. The van der Waals surface area contributed by atoms with E-state index in [1.165, 1.54) is 11.1 Å². The first-order valence-electron chi connectivity index (χ1n) is 22.3. The van der Waals surface area contributed by atoms with Crippen LogP contribution in [0.25, 0.3) is 21.5 Å². The number of ketones is 1. The van der Waals surface area contributed by atoms with E-state index in [0.29, 0.717) is 18.8 Å². The SMILES string of the molecule is CCCS(=O)(=O)Nc1ccc(F)c(C(=O)c2c[nH]c3ncc(N4CCN(C(=O)CCC(=O)NC(C(=O)N5C[C@H](O)C[C@H]5C(=O)NCc5ccc(-c6scnc6C)cc5)C(C)(C)C)CC4)cc23)c1F. The number of likely N-dealkylation sites (tertiary alicyclic amines) is 1. The molecule has 0 radical (unpaired) electrons. The van der Waals surface area contributed by atoms with E-state index in [4.69, 9.17) is 0 Å². The van der Waals surface area contributed by atoms with Gasteiger partial charge in [-0.25, -0.2) is 27.2 Å². The fraction of sp³-hybridized carbons (Fsp3) is 0.426. The van der Waals surface area contributed by atoms with Crippen LogP contribution >= 0.6 is 11.3 Å². The summed E-state index contributed by atoms with van der Waals surface area (Å²) in [5.41, 5.74) is 3.11. The molecule has 2 aliphatic heterocycles. The number of hydrogen-bond donors (Lipinski definition) is 5. The molecule has 2 aromatic carbocycles. The molecule has 5 heterocycles. The number of nitrogens with one attached hydrogen (secondary N) is 4. The summed E-state index contributed by atoms with van der Waals surface area (Å²) >= 11 is 1.55. The number of H-pyrrole nitrogens is 1. The number of rotatable bonds is 16. The molecular formula is C47H55F2N9O8S2. The molecule has 0 aliphatic carbocycles. The number of halogens is 2. The molecule has 7 rings (SSSR count). The Labute approximate surface area is 396 Å². The molecule has 3 aromatic heterocycles.